The van der Waals surface area contributed by atoms with Crippen molar-refractivity contribution < 1.29 is 9.13 Å². The van der Waals surface area contributed by atoms with E-state index in [1.807, 2.05) is 13.8 Å². The summed E-state index contributed by atoms with van der Waals surface area (Å²) in [6.45, 7) is 4.28. The molecule has 1 rings (SSSR count). The zero-order valence-corrected chi connectivity index (χ0v) is 10.1. The molecular formula is C11H16ClFN2O. The van der Waals surface area contributed by atoms with Crippen LogP contribution < -0.4 is 11.3 Å². The Balaban J connectivity index is 2.74. The van der Waals surface area contributed by atoms with Gasteiger partial charge in [-0.3, -0.25) is 11.3 Å². The molecule has 3 nitrogen and oxygen atoms in total. The maximum atomic E-state index is 13.0. The highest BCUT2D eigenvalue weighted by molar-refractivity contribution is 6.30. The Labute approximate surface area is 99.7 Å². The van der Waals surface area contributed by atoms with Crippen molar-refractivity contribution >= 4 is 11.6 Å². The van der Waals surface area contributed by atoms with Crippen LogP contribution in [-0.4, -0.2) is 12.7 Å². The van der Waals surface area contributed by atoms with Gasteiger partial charge in [-0.25, -0.2) is 4.39 Å². The van der Waals surface area contributed by atoms with Crippen molar-refractivity contribution in [3.63, 3.8) is 0 Å². The van der Waals surface area contributed by atoms with Gasteiger partial charge < -0.3 is 4.74 Å². The van der Waals surface area contributed by atoms with Crippen LogP contribution >= 0.6 is 11.6 Å². The zero-order valence-electron chi connectivity index (χ0n) is 9.34. The molecule has 0 radical (unpaired) electrons. The quantitative estimate of drug-likeness (QED) is 0.620. The number of halogens is 2. The molecule has 0 aliphatic heterocycles. The Morgan fingerprint density at radius 2 is 2.19 bits per heavy atom. The number of hydrazine groups is 1. The minimum absolute atomic E-state index is 0.0855. The largest absolute Gasteiger partial charge is 0.377 e. The third-order valence-corrected chi connectivity index (χ3v) is 2.43. The molecule has 1 aromatic carbocycles. The van der Waals surface area contributed by atoms with E-state index in [2.05, 4.69) is 5.43 Å². The molecular weight excluding hydrogens is 231 g/mol. The molecule has 0 amide bonds. The van der Waals surface area contributed by atoms with Crippen molar-refractivity contribution in [3.05, 3.63) is 34.6 Å². The van der Waals surface area contributed by atoms with Crippen molar-refractivity contribution in [2.75, 3.05) is 6.61 Å². The molecule has 0 fully saturated rings. The van der Waals surface area contributed by atoms with Crippen molar-refractivity contribution in [3.8, 4) is 0 Å². The Morgan fingerprint density at radius 3 is 2.69 bits per heavy atom. The molecule has 3 N–H and O–H groups in total. The lowest BCUT2D eigenvalue weighted by Crippen LogP contribution is -2.32. The standard InChI is InChI=1S/C11H16ClFN2O/c1-7(2)16-6-11(15-14)8-3-4-10(13)9(12)5-8/h3-5,7,11,15H,6,14H2,1-2H3. The van der Waals surface area contributed by atoms with Crippen LogP contribution in [0, 0.1) is 5.82 Å². The predicted octanol–water partition coefficient (Wildman–Crippen LogP) is 2.41. The first-order valence-electron chi connectivity index (χ1n) is 5.07. The molecule has 0 aliphatic rings. The summed E-state index contributed by atoms with van der Waals surface area (Å²) >= 11 is 5.69. The van der Waals surface area contributed by atoms with Crippen LogP contribution in [0.15, 0.2) is 18.2 Å². The average molecular weight is 247 g/mol. The summed E-state index contributed by atoms with van der Waals surface area (Å²) in [5, 5.41) is 0.0855. The van der Waals surface area contributed by atoms with E-state index in [0.29, 0.717) is 6.61 Å². The molecule has 0 bridgehead atoms. The van der Waals surface area contributed by atoms with Gasteiger partial charge in [0, 0.05) is 0 Å². The first-order chi connectivity index (χ1) is 7.54. The van der Waals surface area contributed by atoms with Crippen LogP contribution in [0.2, 0.25) is 5.02 Å². The average Bonchev–Trinajstić information content (AvgIpc) is 2.23. The molecule has 90 valence electrons. The fourth-order valence-electron chi connectivity index (χ4n) is 1.26. The molecule has 0 saturated heterocycles. The highest BCUT2D eigenvalue weighted by Gasteiger charge is 2.12. The van der Waals surface area contributed by atoms with E-state index in [9.17, 15) is 4.39 Å². The first kappa shape index (κ1) is 13.4. The maximum absolute atomic E-state index is 13.0. The van der Waals surface area contributed by atoms with E-state index in [1.54, 1.807) is 12.1 Å². The van der Waals surface area contributed by atoms with Gasteiger partial charge in [0.05, 0.1) is 23.8 Å². The Bertz CT molecular complexity index is 347. The minimum atomic E-state index is -0.439. The molecule has 1 atom stereocenters. The van der Waals surface area contributed by atoms with Gasteiger partial charge in [0.25, 0.3) is 0 Å². The summed E-state index contributed by atoms with van der Waals surface area (Å²) in [6.07, 6.45) is 0.117. The fraction of sp³-hybridized carbons (Fsp3) is 0.455. The Hall–Kier alpha value is -0.680. The van der Waals surface area contributed by atoms with Gasteiger partial charge in [-0.15, -0.1) is 0 Å². The molecule has 0 spiro atoms. The van der Waals surface area contributed by atoms with E-state index in [1.165, 1.54) is 6.07 Å². The van der Waals surface area contributed by atoms with Gasteiger partial charge in [0.15, 0.2) is 0 Å². The summed E-state index contributed by atoms with van der Waals surface area (Å²) < 4.78 is 18.4. The number of nitrogens with one attached hydrogen (secondary N) is 1. The summed E-state index contributed by atoms with van der Waals surface area (Å²) in [4.78, 5) is 0. The molecule has 5 heteroatoms. The molecule has 1 aromatic rings. The molecule has 0 aliphatic carbocycles. The second-order valence-corrected chi connectivity index (χ2v) is 4.18. The van der Waals surface area contributed by atoms with Crippen molar-refractivity contribution in [2.24, 2.45) is 5.84 Å². The highest BCUT2D eigenvalue weighted by Crippen LogP contribution is 2.21. The number of hydrogen-bond donors (Lipinski definition) is 2. The van der Waals surface area contributed by atoms with Crippen LogP contribution in [-0.2, 0) is 4.74 Å². The minimum Gasteiger partial charge on any atom is -0.377 e. The number of hydrogen-bond acceptors (Lipinski definition) is 3. The van der Waals surface area contributed by atoms with Crippen molar-refractivity contribution in [1.82, 2.24) is 5.43 Å². The molecule has 1 unspecified atom stereocenters. The number of ether oxygens (including phenoxy) is 1. The van der Waals surface area contributed by atoms with Gasteiger partial charge >= 0.3 is 0 Å². The summed E-state index contributed by atoms with van der Waals surface area (Å²) in [7, 11) is 0. The van der Waals surface area contributed by atoms with Gasteiger partial charge in [-0.1, -0.05) is 17.7 Å². The van der Waals surface area contributed by atoms with Crippen molar-refractivity contribution in [2.45, 2.75) is 26.0 Å². The highest BCUT2D eigenvalue weighted by atomic mass is 35.5. The smallest absolute Gasteiger partial charge is 0.141 e. The third-order valence-electron chi connectivity index (χ3n) is 2.14. The third kappa shape index (κ3) is 3.72. The lowest BCUT2D eigenvalue weighted by Gasteiger charge is -2.18. The topological polar surface area (TPSA) is 47.3 Å². The van der Waals surface area contributed by atoms with Gasteiger partial charge in [0.1, 0.15) is 5.82 Å². The van der Waals surface area contributed by atoms with E-state index >= 15 is 0 Å². The van der Waals surface area contributed by atoms with Crippen LogP contribution in [0.3, 0.4) is 0 Å². The Morgan fingerprint density at radius 1 is 1.50 bits per heavy atom. The van der Waals surface area contributed by atoms with Gasteiger partial charge in [0.2, 0.25) is 0 Å². The van der Waals surface area contributed by atoms with Crippen LogP contribution in [0.4, 0.5) is 4.39 Å². The summed E-state index contributed by atoms with van der Waals surface area (Å²) in [5.74, 6) is 4.97. The second kappa shape index (κ2) is 6.15. The van der Waals surface area contributed by atoms with Crippen LogP contribution in [0.25, 0.3) is 0 Å². The maximum Gasteiger partial charge on any atom is 0.141 e. The summed E-state index contributed by atoms with van der Waals surface area (Å²) in [5.41, 5.74) is 3.41. The SMILES string of the molecule is CC(C)OCC(NN)c1ccc(F)c(Cl)c1. The first-order valence-corrected chi connectivity index (χ1v) is 5.45. The number of nitrogens with two attached hydrogens (primary N) is 1. The molecule has 0 saturated carbocycles. The molecule has 16 heavy (non-hydrogen) atoms. The Kier molecular flexibility index (Phi) is 5.15. The van der Waals surface area contributed by atoms with E-state index in [0.717, 1.165) is 5.56 Å². The summed E-state index contributed by atoms with van der Waals surface area (Å²) in [6, 6.07) is 4.30. The fourth-order valence-corrected chi connectivity index (χ4v) is 1.45. The van der Waals surface area contributed by atoms with Gasteiger partial charge in [-0.05, 0) is 31.5 Å². The normalized spacial score (nSPS) is 13.1. The number of benzene rings is 1. The lowest BCUT2D eigenvalue weighted by molar-refractivity contribution is 0.0611. The molecule has 0 aromatic heterocycles. The monoisotopic (exact) mass is 246 g/mol. The van der Waals surface area contributed by atoms with E-state index in [4.69, 9.17) is 22.2 Å². The van der Waals surface area contributed by atoms with Crippen molar-refractivity contribution in [1.29, 1.82) is 0 Å². The second-order valence-electron chi connectivity index (χ2n) is 3.77. The zero-order chi connectivity index (χ0) is 12.1. The van der Waals surface area contributed by atoms with Gasteiger partial charge in [-0.2, -0.15) is 0 Å². The predicted molar refractivity (Wildman–Crippen MR) is 62.6 cm³/mol. The van der Waals surface area contributed by atoms with Crippen LogP contribution in [0.1, 0.15) is 25.5 Å². The lowest BCUT2D eigenvalue weighted by atomic mass is 10.1. The molecule has 0 heterocycles. The van der Waals surface area contributed by atoms with Crippen LogP contribution in [0.5, 0.6) is 0 Å². The van der Waals surface area contributed by atoms with E-state index < -0.39 is 5.82 Å². The number of rotatable bonds is 5. The van der Waals surface area contributed by atoms with E-state index in [-0.39, 0.29) is 17.2 Å².